The molecule has 1 amide bonds. The van der Waals surface area contributed by atoms with E-state index >= 15 is 0 Å². The van der Waals surface area contributed by atoms with E-state index in [1.54, 1.807) is 0 Å². The maximum absolute atomic E-state index is 12.0. The lowest BCUT2D eigenvalue weighted by Gasteiger charge is -2.28. The van der Waals surface area contributed by atoms with Crippen LogP contribution in [0.25, 0.3) is 0 Å². The van der Waals surface area contributed by atoms with Gasteiger partial charge in [0.1, 0.15) is 0 Å². The number of halogens is 1. The monoisotopic (exact) mass is 291 g/mol. The van der Waals surface area contributed by atoms with Crippen molar-refractivity contribution in [2.24, 2.45) is 5.92 Å². The van der Waals surface area contributed by atoms with Crippen LogP contribution >= 0.6 is 12.4 Å². The first-order chi connectivity index (χ1) is 8.54. The van der Waals surface area contributed by atoms with Gasteiger partial charge in [-0.3, -0.25) is 9.69 Å². The van der Waals surface area contributed by atoms with Crippen molar-refractivity contribution in [2.45, 2.75) is 52.6 Å². The Balaban J connectivity index is 0.00000324. The predicted molar refractivity (Wildman–Crippen MR) is 82.8 cm³/mol. The van der Waals surface area contributed by atoms with Crippen molar-refractivity contribution in [1.29, 1.82) is 0 Å². The van der Waals surface area contributed by atoms with Crippen LogP contribution in [0.4, 0.5) is 0 Å². The second-order valence-electron chi connectivity index (χ2n) is 5.72. The van der Waals surface area contributed by atoms with Gasteiger partial charge in [-0.25, -0.2) is 0 Å². The van der Waals surface area contributed by atoms with E-state index in [2.05, 4.69) is 43.2 Å². The van der Waals surface area contributed by atoms with Crippen molar-refractivity contribution < 1.29 is 4.79 Å². The lowest BCUT2D eigenvalue weighted by atomic mass is 10.1. The van der Waals surface area contributed by atoms with Crippen molar-refractivity contribution in [3.8, 4) is 0 Å². The van der Waals surface area contributed by atoms with Gasteiger partial charge in [-0.1, -0.05) is 20.8 Å². The fourth-order valence-corrected chi connectivity index (χ4v) is 2.28. The predicted octanol–water partition coefficient (Wildman–Crippen LogP) is 1.64. The van der Waals surface area contributed by atoms with Gasteiger partial charge >= 0.3 is 0 Å². The van der Waals surface area contributed by atoms with Crippen LogP contribution in [0.5, 0.6) is 0 Å². The zero-order valence-electron chi connectivity index (χ0n) is 12.7. The zero-order valence-corrected chi connectivity index (χ0v) is 13.6. The highest BCUT2D eigenvalue weighted by atomic mass is 35.5. The number of hydrogen-bond acceptors (Lipinski definition) is 3. The van der Waals surface area contributed by atoms with E-state index in [-0.39, 0.29) is 24.4 Å². The SMILES string of the molecule is CCCN(CC(=O)NC(C)C(C)C)C1CCNC1.Cl. The first kappa shape index (κ1) is 18.7. The van der Waals surface area contributed by atoms with Crippen molar-refractivity contribution >= 4 is 18.3 Å². The number of rotatable bonds is 7. The van der Waals surface area contributed by atoms with E-state index in [1.807, 2.05) is 0 Å². The number of carbonyl (C=O) groups excluding carboxylic acids is 1. The van der Waals surface area contributed by atoms with Gasteiger partial charge < -0.3 is 10.6 Å². The highest BCUT2D eigenvalue weighted by Gasteiger charge is 2.24. The van der Waals surface area contributed by atoms with Crippen LogP contribution in [0.1, 0.15) is 40.5 Å². The molecule has 0 saturated carbocycles. The van der Waals surface area contributed by atoms with Crippen molar-refractivity contribution in [3.05, 3.63) is 0 Å². The summed E-state index contributed by atoms with van der Waals surface area (Å²) in [4.78, 5) is 14.3. The highest BCUT2D eigenvalue weighted by molar-refractivity contribution is 5.85. The Morgan fingerprint density at radius 1 is 1.42 bits per heavy atom. The number of carbonyl (C=O) groups is 1. The second kappa shape index (κ2) is 9.56. The Morgan fingerprint density at radius 3 is 2.58 bits per heavy atom. The molecule has 0 bridgehead atoms. The molecule has 5 heteroatoms. The van der Waals surface area contributed by atoms with E-state index in [9.17, 15) is 4.79 Å². The molecule has 114 valence electrons. The minimum absolute atomic E-state index is 0. The Kier molecular flexibility index (Phi) is 9.40. The molecule has 2 unspecified atom stereocenters. The Labute approximate surface area is 124 Å². The van der Waals surface area contributed by atoms with Crippen LogP contribution in [-0.4, -0.2) is 49.1 Å². The minimum atomic E-state index is 0. The van der Waals surface area contributed by atoms with Gasteiger partial charge in [0.15, 0.2) is 0 Å². The highest BCUT2D eigenvalue weighted by Crippen LogP contribution is 2.09. The standard InChI is InChI=1S/C14H29N3O.ClH/c1-5-8-17(13-6-7-15-9-13)10-14(18)16-12(4)11(2)3;/h11-13,15H,5-10H2,1-4H3,(H,16,18);1H. The molecule has 0 aliphatic carbocycles. The van der Waals surface area contributed by atoms with Gasteiger partial charge in [0.2, 0.25) is 5.91 Å². The number of nitrogens with zero attached hydrogens (tertiary/aromatic N) is 1. The van der Waals surface area contributed by atoms with Crippen LogP contribution in [0.2, 0.25) is 0 Å². The molecule has 4 nitrogen and oxygen atoms in total. The summed E-state index contributed by atoms with van der Waals surface area (Å²) in [6.07, 6.45) is 2.26. The van der Waals surface area contributed by atoms with Crippen LogP contribution in [0.15, 0.2) is 0 Å². The molecule has 1 saturated heterocycles. The lowest BCUT2D eigenvalue weighted by Crippen LogP contribution is -2.47. The molecule has 0 radical (unpaired) electrons. The van der Waals surface area contributed by atoms with E-state index in [0.717, 1.165) is 32.5 Å². The van der Waals surface area contributed by atoms with Gasteiger partial charge in [0.05, 0.1) is 6.54 Å². The molecule has 2 N–H and O–H groups in total. The summed E-state index contributed by atoms with van der Waals surface area (Å²) < 4.78 is 0. The summed E-state index contributed by atoms with van der Waals surface area (Å²) >= 11 is 0. The molecule has 0 aromatic heterocycles. The average molecular weight is 292 g/mol. The molecule has 1 aliphatic rings. The molecule has 2 atom stereocenters. The number of hydrogen-bond donors (Lipinski definition) is 2. The summed E-state index contributed by atoms with van der Waals surface area (Å²) in [5.74, 6) is 0.651. The number of amides is 1. The first-order valence-corrected chi connectivity index (χ1v) is 7.28. The van der Waals surface area contributed by atoms with Crippen LogP contribution in [0, 0.1) is 5.92 Å². The van der Waals surface area contributed by atoms with Gasteiger partial charge in [-0.2, -0.15) is 0 Å². The molecule has 0 spiro atoms. The first-order valence-electron chi connectivity index (χ1n) is 7.28. The van der Waals surface area contributed by atoms with E-state index in [0.29, 0.717) is 18.5 Å². The third kappa shape index (κ3) is 6.59. The summed E-state index contributed by atoms with van der Waals surface area (Å²) in [5.41, 5.74) is 0. The van der Waals surface area contributed by atoms with Crippen molar-refractivity contribution in [1.82, 2.24) is 15.5 Å². The Hall–Kier alpha value is -0.320. The van der Waals surface area contributed by atoms with Gasteiger partial charge in [-0.05, 0) is 38.8 Å². The lowest BCUT2D eigenvalue weighted by molar-refractivity contribution is -0.123. The maximum Gasteiger partial charge on any atom is 0.234 e. The van der Waals surface area contributed by atoms with E-state index in [4.69, 9.17) is 0 Å². The minimum Gasteiger partial charge on any atom is -0.352 e. The molecule has 19 heavy (non-hydrogen) atoms. The largest absolute Gasteiger partial charge is 0.352 e. The molecular weight excluding hydrogens is 262 g/mol. The molecule has 1 heterocycles. The van der Waals surface area contributed by atoms with Crippen molar-refractivity contribution in [3.63, 3.8) is 0 Å². The van der Waals surface area contributed by atoms with Gasteiger partial charge in [-0.15, -0.1) is 12.4 Å². The van der Waals surface area contributed by atoms with Crippen LogP contribution < -0.4 is 10.6 Å². The summed E-state index contributed by atoms with van der Waals surface area (Å²) in [6.45, 7) is 12.2. The average Bonchev–Trinajstić information content (AvgIpc) is 2.81. The molecule has 1 aliphatic heterocycles. The molecule has 0 aromatic rings. The molecule has 1 rings (SSSR count). The fourth-order valence-electron chi connectivity index (χ4n) is 2.28. The topological polar surface area (TPSA) is 44.4 Å². The fraction of sp³-hybridized carbons (Fsp3) is 0.929. The maximum atomic E-state index is 12.0. The number of nitrogens with one attached hydrogen (secondary N) is 2. The quantitative estimate of drug-likeness (QED) is 0.750. The van der Waals surface area contributed by atoms with Crippen LogP contribution in [0.3, 0.4) is 0 Å². The normalized spacial score (nSPS) is 20.4. The van der Waals surface area contributed by atoms with Crippen LogP contribution in [-0.2, 0) is 4.79 Å². The Morgan fingerprint density at radius 2 is 2.11 bits per heavy atom. The van der Waals surface area contributed by atoms with Gasteiger partial charge in [0.25, 0.3) is 0 Å². The van der Waals surface area contributed by atoms with Gasteiger partial charge in [0, 0.05) is 18.6 Å². The summed E-state index contributed by atoms with van der Waals surface area (Å²) in [7, 11) is 0. The third-order valence-corrected chi connectivity index (χ3v) is 3.80. The molecule has 1 fully saturated rings. The summed E-state index contributed by atoms with van der Waals surface area (Å²) in [6, 6.07) is 0.785. The smallest absolute Gasteiger partial charge is 0.234 e. The zero-order chi connectivity index (χ0) is 13.5. The van der Waals surface area contributed by atoms with E-state index < -0.39 is 0 Å². The third-order valence-electron chi connectivity index (χ3n) is 3.80. The van der Waals surface area contributed by atoms with Crippen molar-refractivity contribution in [2.75, 3.05) is 26.2 Å². The molecule has 0 aromatic carbocycles. The Bertz CT molecular complexity index is 255. The molecular formula is C14H30ClN3O. The second-order valence-corrected chi connectivity index (χ2v) is 5.72. The van der Waals surface area contributed by atoms with E-state index in [1.165, 1.54) is 0 Å². The summed E-state index contributed by atoms with van der Waals surface area (Å²) in [5, 5.41) is 6.46.